The van der Waals surface area contributed by atoms with Crippen LogP contribution in [0.3, 0.4) is 0 Å². The van der Waals surface area contributed by atoms with Crippen molar-refractivity contribution >= 4 is 5.91 Å². The average molecular weight is 411 g/mol. The summed E-state index contributed by atoms with van der Waals surface area (Å²) in [6, 6.07) is 15.8. The first kappa shape index (κ1) is 20.7. The monoisotopic (exact) mass is 410 g/mol. The number of morpholine rings is 1. The van der Waals surface area contributed by atoms with Crippen molar-refractivity contribution in [2.45, 2.75) is 58.3 Å². The van der Waals surface area contributed by atoms with Crippen LogP contribution in [0.1, 0.15) is 31.9 Å². The zero-order chi connectivity index (χ0) is 21.1. The van der Waals surface area contributed by atoms with Gasteiger partial charge in [-0.15, -0.1) is 0 Å². The van der Waals surface area contributed by atoms with Crippen LogP contribution < -0.4 is 14.8 Å². The van der Waals surface area contributed by atoms with Crippen LogP contribution in [0.25, 0.3) is 0 Å². The van der Waals surface area contributed by atoms with Gasteiger partial charge in [0.1, 0.15) is 6.10 Å². The van der Waals surface area contributed by atoms with Crippen molar-refractivity contribution in [3.63, 3.8) is 0 Å². The van der Waals surface area contributed by atoms with Gasteiger partial charge in [-0.25, -0.2) is 0 Å². The number of benzene rings is 2. The Bertz CT molecular complexity index is 860. The number of para-hydroxylation sites is 2. The number of nitrogens with one attached hydrogen (secondary N) is 1. The van der Waals surface area contributed by atoms with Gasteiger partial charge in [0.25, 0.3) is 5.91 Å². The van der Waals surface area contributed by atoms with E-state index in [1.165, 1.54) is 5.56 Å². The SMILES string of the molecule is CC1CN(Cc2ccc(CNC(=O)C3Oc4ccccc4OC3C)cc2)CC(C)O1. The van der Waals surface area contributed by atoms with Crippen LogP contribution in [0.5, 0.6) is 11.5 Å². The second kappa shape index (κ2) is 9.06. The Morgan fingerprint density at radius 3 is 2.20 bits per heavy atom. The summed E-state index contributed by atoms with van der Waals surface area (Å²) in [5.41, 5.74) is 2.32. The number of fused-ring (bicyclic) bond motifs is 1. The molecule has 1 amide bonds. The molecule has 6 heteroatoms. The van der Waals surface area contributed by atoms with Crippen molar-refractivity contribution in [1.82, 2.24) is 10.2 Å². The van der Waals surface area contributed by atoms with Crippen LogP contribution >= 0.6 is 0 Å². The van der Waals surface area contributed by atoms with Gasteiger partial charge in [0.05, 0.1) is 12.2 Å². The van der Waals surface area contributed by atoms with Crippen LogP contribution in [0.4, 0.5) is 0 Å². The first-order chi connectivity index (χ1) is 14.5. The third-order valence-electron chi connectivity index (χ3n) is 5.49. The van der Waals surface area contributed by atoms with E-state index in [-0.39, 0.29) is 24.2 Å². The highest BCUT2D eigenvalue weighted by molar-refractivity contribution is 5.82. The number of ether oxygens (including phenoxy) is 3. The Hall–Kier alpha value is -2.57. The van der Waals surface area contributed by atoms with E-state index in [0.717, 1.165) is 25.2 Å². The largest absolute Gasteiger partial charge is 0.482 e. The third kappa shape index (κ3) is 4.94. The molecule has 0 spiro atoms. The van der Waals surface area contributed by atoms with Crippen molar-refractivity contribution < 1.29 is 19.0 Å². The van der Waals surface area contributed by atoms with E-state index in [2.05, 4.69) is 48.3 Å². The molecule has 4 atom stereocenters. The molecule has 0 saturated carbocycles. The molecule has 0 bridgehead atoms. The summed E-state index contributed by atoms with van der Waals surface area (Å²) in [5, 5.41) is 2.97. The maximum atomic E-state index is 12.6. The minimum Gasteiger partial charge on any atom is -0.482 e. The second-order valence-electron chi connectivity index (χ2n) is 8.29. The van der Waals surface area contributed by atoms with Gasteiger partial charge in [-0.05, 0) is 44.0 Å². The van der Waals surface area contributed by atoms with Crippen LogP contribution in [-0.2, 0) is 22.6 Å². The van der Waals surface area contributed by atoms with Gasteiger partial charge in [-0.3, -0.25) is 9.69 Å². The van der Waals surface area contributed by atoms with Gasteiger partial charge in [0.2, 0.25) is 6.10 Å². The van der Waals surface area contributed by atoms with Gasteiger partial charge in [-0.2, -0.15) is 0 Å². The molecule has 1 fully saturated rings. The van der Waals surface area contributed by atoms with E-state index in [0.29, 0.717) is 18.0 Å². The molecule has 0 aliphatic carbocycles. The summed E-state index contributed by atoms with van der Waals surface area (Å²) < 4.78 is 17.5. The van der Waals surface area contributed by atoms with Crippen molar-refractivity contribution in [3.8, 4) is 11.5 Å². The van der Waals surface area contributed by atoms with Crippen LogP contribution in [0, 0.1) is 0 Å². The number of carbonyl (C=O) groups is 1. The maximum Gasteiger partial charge on any atom is 0.265 e. The molecular formula is C24H30N2O4. The Labute approximate surface area is 178 Å². The van der Waals surface area contributed by atoms with Crippen molar-refractivity contribution in [1.29, 1.82) is 0 Å². The van der Waals surface area contributed by atoms with Crippen molar-refractivity contribution in [2.75, 3.05) is 13.1 Å². The summed E-state index contributed by atoms with van der Waals surface area (Å²) in [6.07, 6.45) is -0.475. The van der Waals surface area contributed by atoms with E-state index in [1.54, 1.807) is 0 Å². The smallest absolute Gasteiger partial charge is 0.265 e. The van der Waals surface area contributed by atoms with E-state index in [1.807, 2.05) is 31.2 Å². The summed E-state index contributed by atoms with van der Waals surface area (Å²) in [4.78, 5) is 15.1. The lowest BCUT2D eigenvalue weighted by molar-refractivity contribution is -0.133. The van der Waals surface area contributed by atoms with E-state index in [4.69, 9.17) is 14.2 Å². The standard InChI is InChI=1S/C24H30N2O4/c1-16-13-26(14-17(2)28-16)15-20-10-8-19(9-11-20)12-25-24(27)23-18(3)29-21-6-4-5-7-22(21)30-23/h4-11,16-18,23H,12-15H2,1-3H3,(H,25,27). The molecule has 0 radical (unpaired) electrons. The van der Waals surface area contributed by atoms with Crippen LogP contribution in [-0.4, -0.2) is 48.3 Å². The number of nitrogens with zero attached hydrogens (tertiary/aromatic N) is 1. The lowest BCUT2D eigenvalue weighted by Gasteiger charge is -2.35. The Morgan fingerprint density at radius 1 is 0.933 bits per heavy atom. The fourth-order valence-electron chi connectivity index (χ4n) is 4.13. The quantitative estimate of drug-likeness (QED) is 0.821. The summed E-state index contributed by atoms with van der Waals surface area (Å²) in [6.45, 7) is 9.36. The normalized spacial score (nSPS) is 26.2. The topological polar surface area (TPSA) is 60.0 Å². The number of carbonyl (C=O) groups excluding carboxylic acids is 1. The Balaban J connectivity index is 1.29. The molecule has 0 aromatic heterocycles. The molecule has 160 valence electrons. The molecule has 6 nitrogen and oxygen atoms in total. The minimum absolute atomic E-state index is 0.169. The van der Waals surface area contributed by atoms with E-state index >= 15 is 0 Å². The maximum absolute atomic E-state index is 12.6. The van der Waals surface area contributed by atoms with Crippen molar-refractivity contribution in [2.24, 2.45) is 0 Å². The number of rotatable bonds is 5. The van der Waals surface area contributed by atoms with E-state index < -0.39 is 6.10 Å². The highest BCUT2D eigenvalue weighted by atomic mass is 16.6. The fourth-order valence-corrected chi connectivity index (χ4v) is 4.13. The molecule has 1 saturated heterocycles. The molecule has 2 aromatic carbocycles. The molecule has 4 rings (SSSR count). The highest BCUT2D eigenvalue weighted by Gasteiger charge is 2.33. The van der Waals surface area contributed by atoms with Crippen LogP contribution in [0.2, 0.25) is 0 Å². The summed E-state index contributed by atoms with van der Waals surface area (Å²) in [7, 11) is 0. The van der Waals surface area contributed by atoms with Gasteiger partial charge in [0.15, 0.2) is 11.5 Å². The lowest BCUT2D eigenvalue weighted by atomic mass is 10.1. The summed E-state index contributed by atoms with van der Waals surface area (Å²) >= 11 is 0. The van der Waals surface area contributed by atoms with Crippen molar-refractivity contribution in [3.05, 3.63) is 59.7 Å². The third-order valence-corrected chi connectivity index (χ3v) is 5.49. The fraction of sp³-hybridized carbons (Fsp3) is 0.458. The molecule has 2 aliphatic heterocycles. The zero-order valence-electron chi connectivity index (χ0n) is 17.8. The Kier molecular flexibility index (Phi) is 6.25. The van der Waals surface area contributed by atoms with Crippen LogP contribution in [0.15, 0.2) is 48.5 Å². The van der Waals surface area contributed by atoms with Gasteiger partial charge >= 0.3 is 0 Å². The first-order valence-electron chi connectivity index (χ1n) is 10.6. The van der Waals surface area contributed by atoms with Gasteiger partial charge < -0.3 is 19.5 Å². The first-order valence-corrected chi connectivity index (χ1v) is 10.6. The molecule has 2 heterocycles. The summed E-state index contributed by atoms with van der Waals surface area (Å²) in [5.74, 6) is 1.11. The Morgan fingerprint density at radius 2 is 1.53 bits per heavy atom. The molecule has 2 aliphatic rings. The predicted molar refractivity (Wildman–Crippen MR) is 115 cm³/mol. The number of amides is 1. The van der Waals surface area contributed by atoms with E-state index in [9.17, 15) is 4.79 Å². The van der Waals surface area contributed by atoms with Gasteiger partial charge in [-0.1, -0.05) is 36.4 Å². The highest BCUT2D eigenvalue weighted by Crippen LogP contribution is 2.33. The number of hydrogen-bond acceptors (Lipinski definition) is 5. The lowest BCUT2D eigenvalue weighted by Crippen LogP contribution is -2.48. The minimum atomic E-state index is -0.663. The molecule has 2 aromatic rings. The number of hydrogen-bond donors (Lipinski definition) is 1. The molecule has 4 unspecified atom stereocenters. The molecule has 30 heavy (non-hydrogen) atoms. The van der Waals surface area contributed by atoms with Gasteiger partial charge in [0, 0.05) is 26.2 Å². The zero-order valence-corrected chi connectivity index (χ0v) is 17.8. The molecular weight excluding hydrogens is 380 g/mol. The second-order valence-corrected chi connectivity index (χ2v) is 8.29. The average Bonchev–Trinajstić information content (AvgIpc) is 2.72. The predicted octanol–water partition coefficient (Wildman–Crippen LogP) is 3.14. The molecule has 1 N–H and O–H groups in total.